The molecular weight excluding hydrogens is 340 g/mol. The lowest BCUT2D eigenvalue weighted by molar-refractivity contribution is -0.143. The quantitative estimate of drug-likeness (QED) is 0.745. The van der Waals surface area contributed by atoms with E-state index in [1.165, 1.54) is 0 Å². The molecule has 1 unspecified atom stereocenters. The number of methoxy groups -OCH3 is 1. The summed E-state index contributed by atoms with van der Waals surface area (Å²) >= 11 is 0. The Morgan fingerprint density at radius 3 is 2.74 bits per heavy atom. The first kappa shape index (κ1) is 17.6. The van der Waals surface area contributed by atoms with Gasteiger partial charge in [0.2, 0.25) is 0 Å². The van der Waals surface area contributed by atoms with E-state index in [4.69, 9.17) is 4.74 Å². The first-order chi connectivity index (χ1) is 13.2. The highest BCUT2D eigenvalue weighted by Crippen LogP contribution is 2.29. The zero-order valence-corrected chi connectivity index (χ0v) is 15.5. The highest BCUT2D eigenvalue weighted by atomic mass is 16.5. The third-order valence-corrected chi connectivity index (χ3v) is 5.34. The van der Waals surface area contributed by atoms with Gasteiger partial charge in [0.05, 0.1) is 18.5 Å². The van der Waals surface area contributed by atoms with Crippen molar-refractivity contribution in [2.24, 2.45) is 5.92 Å². The van der Waals surface area contributed by atoms with E-state index in [9.17, 15) is 9.90 Å². The SMILES string of the molecule is COc1ccc2cc(CN3CCCC(C(=O)O)C3)n(-c3ccccc3)c2c1. The molecule has 27 heavy (non-hydrogen) atoms. The summed E-state index contributed by atoms with van der Waals surface area (Å²) in [5.74, 6) is -0.130. The highest BCUT2D eigenvalue weighted by molar-refractivity contribution is 5.84. The molecule has 5 heteroatoms. The van der Waals surface area contributed by atoms with Crippen LogP contribution >= 0.6 is 0 Å². The van der Waals surface area contributed by atoms with Gasteiger partial charge in [-0.1, -0.05) is 18.2 Å². The molecular formula is C22H24N2O3. The van der Waals surface area contributed by atoms with Crippen LogP contribution in [0.5, 0.6) is 5.75 Å². The Labute approximate surface area is 158 Å². The number of carboxylic acids is 1. The molecule has 0 radical (unpaired) electrons. The third kappa shape index (κ3) is 3.55. The van der Waals surface area contributed by atoms with E-state index in [0.717, 1.165) is 54.0 Å². The number of fused-ring (bicyclic) bond motifs is 1. The van der Waals surface area contributed by atoms with E-state index in [1.807, 2.05) is 24.3 Å². The Bertz CT molecular complexity index is 949. The number of hydrogen-bond donors (Lipinski definition) is 1. The normalized spacial score (nSPS) is 17.9. The second-order valence-corrected chi connectivity index (χ2v) is 7.14. The fraction of sp³-hybridized carbons (Fsp3) is 0.318. The van der Waals surface area contributed by atoms with Crippen LogP contribution in [-0.4, -0.2) is 40.7 Å². The number of carboxylic acid groups (broad SMARTS) is 1. The number of aliphatic carboxylic acids is 1. The first-order valence-corrected chi connectivity index (χ1v) is 9.34. The Balaban J connectivity index is 1.74. The molecule has 1 saturated heterocycles. The Kier molecular flexibility index (Phi) is 4.86. The summed E-state index contributed by atoms with van der Waals surface area (Å²) < 4.78 is 7.68. The number of para-hydroxylation sites is 1. The van der Waals surface area contributed by atoms with Gasteiger partial charge in [-0.15, -0.1) is 0 Å². The third-order valence-electron chi connectivity index (χ3n) is 5.34. The molecule has 140 valence electrons. The first-order valence-electron chi connectivity index (χ1n) is 9.34. The average Bonchev–Trinajstić information content (AvgIpc) is 3.05. The molecule has 0 aliphatic carbocycles. The predicted octanol–water partition coefficient (Wildman–Crippen LogP) is 3.94. The van der Waals surface area contributed by atoms with Crippen molar-refractivity contribution in [1.29, 1.82) is 0 Å². The van der Waals surface area contributed by atoms with Gasteiger partial charge in [-0.2, -0.15) is 0 Å². The predicted molar refractivity (Wildman–Crippen MR) is 105 cm³/mol. The van der Waals surface area contributed by atoms with Crippen LogP contribution in [0.1, 0.15) is 18.5 Å². The summed E-state index contributed by atoms with van der Waals surface area (Å²) in [6.07, 6.45) is 1.70. The van der Waals surface area contributed by atoms with E-state index in [2.05, 4.69) is 39.8 Å². The number of rotatable bonds is 5. The van der Waals surface area contributed by atoms with E-state index in [-0.39, 0.29) is 5.92 Å². The molecule has 2 aromatic carbocycles. The van der Waals surface area contributed by atoms with Crippen LogP contribution in [0.25, 0.3) is 16.6 Å². The number of aromatic nitrogens is 1. The maximum absolute atomic E-state index is 11.4. The molecule has 1 aliphatic rings. The van der Waals surface area contributed by atoms with Crippen molar-refractivity contribution in [3.05, 3.63) is 60.3 Å². The van der Waals surface area contributed by atoms with E-state index >= 15 is 0 Å². The number of benzene rings is 2. The van der Waals surface area contributed by atoms with Gasteiger partial charge in [0.25, 0.3) is 0 Å². The number of likely N-dealkylation sites (tertiary alicyclic amines) is 1. The number of hydrogen-bond acceptors (Lipinski definition) is 3. The van der Waals surface area contributed by atoms with Gasteiger partial charge in [-0.3, -0.25) is 9.69 Å². The highest BCUT2D eigenvalue weighted by Gasteiger charge is 2.26. The number of ether oxygens (including phenoxy) is 1. The minimum Gasteiger partial charge on any atom is -0.497 e. The molecule has 0 spiro atoms. The Morgan fingerprint density at radius 1 is 1.19 bits per heavy atom. The second-order valence-electron chi connectivity index (χ2n) is 7.14. The lowest BCUT2D eigenvalue weighted by Crippen LogP contribution is -2.38. The molecule has 5 nitrogen and oxygen atoms in total. The van der Waals surface area contributed by atoms with Crippen molar-refractivity contribution in [3.8, 4) is 11.4 Å². The minimum absolute atomic E-state index is 0.270. The summed E-state index contributed by atoms with van der Waals surface area (Å²) in [5, 5.41) is 10.5. The monoisotopic (exact) mass is 364 g/mol. The van der Waals surface area contributed by atoms with Gasteiger partial charge >= 0.3 is 5.97 Å². The van der Waals surface area contributed by atoms with Crippen LogP contribution in [0.2, 0.25) is 0 Å². The fourth-order valence-corrected chi connectivity index (χ4v) is 3.99. The van der Waals surface area contributed by atoms with Crippen LogP contribution in [0.15, 0.2) is 54.6 Å². The molecule has 3 aromatic rings. The Hall–Kier alpha value is -2.79. The van der Waals surface area contributed by atoms with Crippen molar-refractivity contribution >= 4 is 16.9 Å². The molecule has 1 fully saturated rings. The van der Waals surface area contributed by atoms with Crippen molar-refractivity contribution in [2.45, 2.75) is 19.4 Å². The van der Waals surface area contributed by atoms with Gasteiger partial charge in [-0.25, -0.2) is 0 Å². The topological polar surface area (TPSA) is 54.7 Å². The summed E-state index contributed by atoms with van der Waals surface area (Å²) in [4.78, 5) is 13.7. The van der Waals surface area contributed by atoms with Gasteiger partial charge in [0.1, 0.15) is 5.75 Å². The van der Waals surface area contributed by atoms with E-state index < -0.39 is 5.97 Å². The lowest BCUT2D eigenvalue weighted by atomic mass is 9.98. The molecule has 0 amide bonds. The maximum atomic E-state index is 11.4. The van der Waals surface area contributed by atoms with Crippen molar-refractivity contribution in [1.82, 2.24) is 9.47 Å². The van der Waals surface area contributed by atoms with Crippen LogP contribution in [0, 0.1) is 5.92 Å². The number of nitrogens with zero attached hydrogens (tertiary/aromatic N) is 2. The molecule has 1 N–H and O–H groups in total. The van der Waals surface area contributed by atoms with Crippen molar-refractivity contribution in [2.75, 3.05) is 20.2 Å². The minimum atomic E-state index is -0.687. The van der Waals surface area contributed by atoms with Gasteiger partial charge < -0.3 is 14.4 Å². The fourth-order valence-electron chi connectivity index (χ4n) is 3.99. The van der Waals surface area contributed by atoms with Gasteiger partial charge in [0.15, 0.2) is 0 Å². The molecule has 4 rings (SSSR count). The summed E-state index contributed by atoms with van der Waals surface area (Å²) in [6, 6.07) is 18.6. The van der Waals surface area contributed by atoms with Crippen LogP contribution in [0.3, 0.4) is 0 Å². The second kappa shape index (κ2) is 7.45. The lowest BCUT2D eigenvalue weighted by Gasteiger charge is -2.30. The largest absolute Gasteiger partial charge is 0.497 e. The number of carbonyl (C=O) groups is 1. The Morgan fingerprint density at radius 2 is 2.00 bits per heavy atom. The van der Waals surface area contributed by atoms with Crippen molar-refractivity contribution in [3.63, 3.8) is 0 Å². The van der Waals surface area contributed by atoms with Gasteiger partial charge in [0, 0.05) is 35.9 Å². The average molecular weight is 364 g/mol. The van der Waals surface area contributed by atoms with Crippen LogP contribution in [-0.2, 0) is 11.3 Å². The zero-order valence-electron chi connectivity index (χ0n) is 15.5. The zero-order chi connectivity index (χ0) is 18.8. The molecule has 1 aromatic heterocycles. The van der Waals surface area contributed by atoms with Crippen LogP contribution < -0.4 is 4.74 Å². The summed E-state index contributed by atoms with van der Waals surface area (Å²) in [7, 11) is 1.68. The van der Waals surface area contributed by atoms with E-state index in [0.29, 0.717) is 6.54 Å². The molecule has 1 aliphatic heterocycles. The van der Waals surface area contributed by atoms with Crippen molar-refractivity contribution < 1.29 is 14.6 Å². The standard InChI is InChI=1S/C22H24N2O3/c1-27-20-10-9-16-12-19(15-23-11-5-6-17(14-23)22(25)26)24(21(16)13-20)18-7-3-2-4-8-18/h2-4,7-10,12-13,17H,5-6,11,14-15H2,1H3,(H,25,26). The van der Waals surface area contributed by atoms with Crippen LogP contribution in [0.4, 0.5) is 0 Å². The smallest absolute Gasteiger partial charge is 0.307 e. The summed E-state index contributed by atoms with van der Waals surface area (Å²) in [6.45, 7) is 2.27. The maximum Gasteiger partial charge on any atom is 0.307 e. The molecule has 1 atom stereocenters. The number of piperidine rings is 1. The molecule has 2 heterocycles. The van der Waals surface area contributed by atoms with Gasteiger partial charge in [-0.05, 0) is 49.7 Å². The van der Waals surface area contributed by atoms with E-state index in [1.54, 1.807) is 7.11 Å². The molecule has 0 bridgehead atoms. The summed E-state index contributed by atoms with van der Waals surface area (Å²) in [5.41, 5.74) is 3.36. The molecule has 0 saturated carbocycles.